The molecule has 1 saturated heterocycles. The van der Waals surface area contributed by atoms with Crippen molar-refractivity contribution in [3.05, 3.63) is 0 Å². The number of ether oxygens (including phenoxy) is 1. The van der Waals surface area contributed by atoms with E-state index in [4.69, 9.17) is 0 Å². The molecule has 0 atom stereocenters. The normalized spacial score (nSPS) is 19.3. The average molecular weight is 144 g/mol. The second-order valence-corrected chi connectivity index (χ2v) is 2.24. The van der Waals surface area contributed by atoms with Crippen LogP contribution in [0.25, 0.3) is 0 Å². The van der Waals surface area contributed by atoms with Crippen LogP contribution in [0.4, 0.5) is 0 Å². The lowest BCUT2D eigenvalue weighted by molar-refractivity contribution is -0.141. The van der Waals surface area contributed by atoms with E-state index in [1.807, 2.05) is 0 Å². The van der Waals surface area contributed by atoms with Crippen LogP contribution in [-0.2, 0) is 9.53 Å². The summed E-state index contributed by atoms with van der Waals surface area (Å²) in [6.07, 6.45) is 0.531. The minimum Gasteiger partial charge on any atom is -0.469 e. The summed E-state index contributed by atoms with van der Waals surface area (Å²) in [5, 5.41) is 6.22. The van der Waals surface area contributed by atoms with E-state index in [9.17, 15) is 4.79 Å². The molecule has 0 aromatic heterocycles. The summed E-state index contributed by atoms with van der Waals surface area (Å²) < 4.78 is 4.49. The van der Waals surface area contributed by atoms with Gasteiger partial charge in [0.2, 0.25) is 0 Å². The van der Waals surface area contributed by atoms with Crippen LogP contribution < -0.4 is 10.6 Å². The van der Waals surface area contributed by atoms with Gasteiger partial charge in [0.15, 0.2) is 0 Å². The lowest BCUT2D eigenvalue weighted by Gasteiger charge is -2.07. The van der Waals surface area contributed by atoms with Crippen molar-refractivity contribution in [1.29, 1.82) is 0 Å². The van der Waals surface area contributed by atoms with Gasteiger partial charge >= 0.3 is 5.97 Å². The zero-order valence-corrected chi connectivity index (χ0v) is 6.02. The Morgan fingerprint density at radius 2 is 2.20 bits per heavy atom. The Kier molecular flexibility index (Phi) is 2.65. The first-order valence-electron chi connectivity index (χ1n) is 3.36. The maximum Gasteiger partial charge on any atom is 0.308 e. The van der Waals surface area contributed by atoms with Crippen LogP contribution in [0.1, 0.15) is 6.42 Å². The molecule has 4 heteroatoms. The number of esters is 1. The van der Waals surface area contributed by atoms with Gasteiger partial charge in [-0.2, -0.15) is 0 Å². The van der Waals surface area contributed by atoms with Gasteiger partial charge in [0.05, 0.1) is 19.7 Å². The quantitative estimate of drug-likeness (QED) is 0.491. The Balaban J connectivity index is 2.17. The third-order valence-electron chi connectivity index (χ3n) is 1.50. The molecule has 0 aliphatic carbocycles. The fraction of sp³-hybridized carbons (Fsp3) is 0.833. The molecule has 58 valence electrons. The first-order valence-corrected chi connectivity index (χ1v) is 3.36. The monoisotopic (exact) mass is 144 g/mol. The molecule has 1 aliphatic heterocycles. The van der Waals surface area contributed by atoms with Crippen LogP contribution in [0.15, 0.2) is 0 Å². The van der Waals surface area contributed by atoms with Gasteiger partial charge in [0.1, 0.15) is 0 Å². The Morgan fingerprint density at radius 1 is 1.60 bits per heavy atom. The molecule has 0 unspecified atom stereocenters. The molecule has 1 rings (SSSR count). The summed E-state index contributed by atoms with van der Waals surface area (Å²) in [5.74, 6) is -0.174. The first-order chi connectivity index (χ1) is 4.83. The lowest BCUT2D eigenvalue weighted by Crippen LogP contribution is -2.33. The molecule has 0 aromatic rings. The zero-order chi connectivity index (χ0) is 7.40. The molecule has 4 nitrogen and oxygen atoms in total. The van der Waals surface area contributed by atoms with Gasteiger partial charge in [-0.3, -0.25) is 4.79 Å². The topological polar surface area (TPSA) is 50.4 Å². The third-order valence-corrected chi connectivity index (χ3v) is 1.50. The Bertz CT molecular complexity index is 121. The first kappa shape index (κ1) is 7.50. The van der Waals surface area contributed by atoms with Crippen molar-refractivity contribution >= 4 is 5.97 Å². The van der Waals surface area contributed by atoms with Gasteiger partial charge in [-0.15, -0.1) is 0 Å². The highest BCUT2D eigenvalue weighted by Crippen LogP contribution is 1.93. The third kappa shape index (κ3) is 1.97. The predicted molar refractivity (Wildman–Crippen MR) is 36.4 cm³/mol. The maximum atomic E-state index is 10.7. The van der Waals surface area contributed by atoms with Gasteiger partial charge in [-0.25, -0.2) is 0 Å². The highest BCUT2D eigenvalue weighted by molar-refractivity contribution is 5.69. The second-order valence-electron chi connectivity index (χ2n) is 2.24. The van der Waals surface area contributed by atoms with E-state index in [1.165, 1.54) is 7.11 Å². The van der Waals surface area contributed by atoms with Gasteiger partial charge in [0, 0.05) is 13.1 Å². The van der Waals surface area contributed by atoms with Crippen molar-refractivity contribution in [3.8, 4) is 0 Å². The van der Waals surface area contributed by atoms with Crippen molar-refractivity contribution in [3.63, 3.8) is 0 Å². The predicted octanol–water partition coefficient (Wildman–Crippen LogP) is -0.932. The molecule has 0 aromatic carbocycles. The van der Waals surface area contributed by atoms with Crippen molar-refractivity contribution in [2.24, 2.45) is 0 Å². The van der Waals surface area contributed by atoms with Crippen LogP contribution in [0.5, 0.6) is 0 Å². The second kappa shape index (κ2) is 3.53. The highest BCUT2D eigenvalue weighted by Gasteiger charge is 2.16. The highest BCUT2D eigenvalue weighted by atomic mass is 16.5. The lowest BCUT2D eigenvalue weighted by atomic mass is 10.3. The average Bonchev–Trinajstić information content (AvgIpc) is 2.40. The summed E-state index contributed by atoms with van der Waals surface area (Å²) in [6, 6.07) is 0. The van der Waals surface area contributed by atoms with Crippen LogP contribution in [-0.4, -0.2) is 32.3 Å². The van der Waals surface area contributed by atoms with Crippen molar-refractivity contribution < 1.29 is 9.53 Å². The summed E-state index contributed by atoms with van der Waals surface area (Å²) in [6.45, 7) is 1.86. The van der Waals surface area contributed by atoms with E-state index in [-0.39, 0.29) is 12.1 Å². The van der Waals surface area contributed by atoms with Gasteiger partial charge in [-0.1, -0.05) is 0 Å². The molecule has 0 amide bonds. The molecule has 0 bridgehead atoms. The van der Waals surface area contributed by atoms with Crippen molar-refractivity contribution in [2.75, 3.05) is 20.2 Å². The number of rotatable bonds is 2. The molecule has 1 heterocycles. The number of carbonyl (C=O) groups is 1. The fourth-order valence-electron chi connectivity index (χ4n) is 0.959. The Hall–Kier alpha value is -0.610. The standard InChI is InChI=1S/C6H12N2O2/c1-10-6(9)4-5-7-2-3-8-5/h5,7-8H,2-4H2,1H3. The molecule has 10 heavy (non-hydrogen) atoms. The van der Waals surface area contributed by atoms with E-state index in [0.717, 1.165) is 13.1 Å². The molecular formula is C6H12N2O2. The number of methoxy groups -OCH3 is 1. The number of hydrogen-bond acceptors (Lipinski definition) is 4. The summed E-state index contributed by atoms with van der Waals surface area (Å²) in [7, 11) is 1.40. The minimum atomic E-state index is -0.174. The number of carbonyl (C=O) groups excluding carboxylic acids is 1. The Morgan fingerprint density at radius 3 is 2.70 bits per heavy atom. The molecule has 0 spiro atoms. The summed E-state index contributed by atoms with van der Waals surface area (Å²) >= 11 is 0. The maximum absolute atomic E-state index is 10.7. The molecule has 1 aliphatic rings. The Labute approximate surface area is 59.9 Å². The van der Waals surface area contributed by atoms with Crippen LogP contribution >= 0.6 is 0 Å². The van der Waals surface area contributed by atoms with E-state index in [0.29, 0.717) is 6.42 Å². The van der Waals surface area contributed by atoms with E-state index >= 15 is 0 Å². The fourth-order valence-corrected chi connectivity index (χ4v) is 0.959. The van der Waals surface area contributed by atoms with Crippen LogP contribution in [0.2, 0.25) is 0 Å². The minimum absolute atomic E-state index is 0.118. The van der Waals surface area contributed by atoms with E-state index in [2.05, 4.69) is 15.4 Å². The smallest absolute Gasteiger partial charge is 0.308 e. The van der Waals surface area contributed by atoms with Gasteiger partial charge in [0.25, 0.3) is 0 Å². The summed E-state index contributed by atoms with van der Waals surface area (Å²) in [4.78, 5) is 10.7. The van der Waals surface area contributed by atoms with Crippen LogP contribution in [0, 0.1) is 0 Å². The van der Waals surface area contributed by atoms with E-state index < -0.39 is 0 Å². The SMILES string of the molecule is COC(=O)CC1NCCN1. The van der Waals surface area contributed by atoms with Gasteiger partial charge < -0.3 is 15.4 Å². The molecule has 0 radical (unpaired) electrons. The number of nitrogens with one attached hydrogen (secondary N) is 2. The molecular weight excluding hydrogens is 132 g/mol. The van der Waals surface area contributed by atoms with Crippen molar-refractivity contribution in [2.45, 2.75) is 12.6 Å². The van der Waals surface area contributed by atoms with Gasteiger partial charge in [-0.05, 0) is 0 Å². The zero-order valence-electron chi connectivity index (χ0n) is 6.02. The summed E-state index contributed by atoms with van der Waals surface area (Å²) in [5.41, 5.74) is 0. The largest absolute Gasteiger partial charge is 0.469 e. The van der Waals surface area contributed by atoms with Crippen LogP contribution in [0.3, 0.4) is 0 Å². The van der Waals surface area contributed by atoms with Crippen molar-refractivity contribution in [1.82, 2.24) is 10.6 Å². The number of hydrogen-bond donors (Lipinski definition) is 2. The molecule has 1 fully saturated rings. The molecule has 2 N–H and O–H groups in total. The molecule has 0 saturated carbocycles. The van der Waals surface area contributed by atoms with E-state index in [1.54, 1.807) is 0 Å².